The van der Waals surface area contributed by atoms with E-state index in [4.69, 9.17) is 9.47 Å². The lowest BCUT2D eigenvalue weighted by molar-refractivity contribution is 0.0472. The molecule has 0 bridgehead atoms. The molecule has 1 aromatic heterocycles. The Labute approximate surface area is 151 Å². The van der Waals surface area contributed by atoms with Gasteiger partial charge in [0.1, 0.15) is 6.61 Å². The van der Waals surface area contributed by atoms with Gasteiger partial charge in [0.05, 0.1) is 24.1 Å². The standard InChI is InChI=1S/C20H19FN2O3/c1-13-10-14(2)23(22-13)17-7-5-16(6-8-17)20(24)26-12-15-4-9-19(25-3)18(21)11-15/h4-11H,12H2,1-3H3. The third kappa shape index (κ3) is 3.74. The van der Waals surface area contributed by atoms with E-state index < -0.39 is 11.8 Å². The Morgan fingerprint density at radius 2 is 1.85 bits per heavy atom. The normalized spacial score (nSPS) is 10.6. The molecule has 0 N–H and O–H groups in total. The van der Waals surface area contributed by atoms with Crippen molar-refractivity contribution in [2.75, 3.05) is 7.11 Å². The van der Waals surface area contributed by atoms with Crippen molar-refractivity contribution in [2.45, 2.75) is 20.5 Å². The second kappa shape index (κ2) is 7.39. The van der Waals surface area contributed by atoms with Gasteiger partial charge in [-0.15, -0.1) is 0 Å². The molecule has 0 atom stereocenters. The van der Waals surface area contributed by atoms with Crippen molar-refractivity contribution in [3.8, 4) is 11.4 Å². The van der Waals surface area contributed by atoms with Crippen molar-refractivity contribution in [3.05, 3.63) is 76.9 Å². The molecular weight excluding hydrogens is 335 g/mol. The molecule has 3 aromatic rings. The minimum absolute atomic E-state index is 0.0149. The lowest BCUT2D eigenvalue weighted by atomic mass is 10.2. The molecule has 0 unspecified atom stereocenters. The fraction of sp³-hybridized carbons (Fsp3) is 0.200. The first-order chi connectivity index (χ1) is 12.5. The van der Waals surface area contributed by atoms with Gasteiger partial charge in [0.25, 0.3) is 0 Å². The van der Waals surface area contributed by atoms with Crippen LogP contribution in [0.4, 0.5) is 4.39 Å². The molecule has 0 aliphatic rings. The van der Waals surface area contributed by atoms with Gasteiger partial charge in [-0.3, -0.25) is 0 Å². The Balaban J connectivity index is 1.67. The van der Waals surface area contributed by atoms with Crippen LogP contribution in [0, 0.1) is 19.7 Å². The Morgan fingerprint density at radius 1 is 1.12 bits per heavy atom. The number of ether oxygens (including phenoxy) is 2. The SMILES string of the molecule is COc1ccc(COC(=O)c2ccc(-n3nc(C)cc3C)cc2)cc1F. The van der Waals surface area contributed by atoms with Crippen LogP contribution in [0.25, 0.3) is 5.69 Å². The summed E-state index contributed by atoms with van der Waals surface area (Å²) in [5.74, 6) is -0.809. The number of halogens is 1. The summed E-state index contributed by atoms with van der Waals surface area (Å²) in [4.78, 5) is 12.2. The van der Waals surface area contributed by atoms with Gasteiger partial charge in [-0.05, 0) is 61.9 Å². The minimum Gasteiger partial charge on any atom is -0.494 e. The number of nitrogens with zero attached hydrogens (tertiary/aromatic N) is 2. The van der Waals surface area contributed by atoms with Crippen LogP contribution in [0.15, 0.2) is 48.5 Å². The lowest BCUT2D eigenvalue weighted by Gasteiger charge is -2.08. The van der Waals surface area contributed by atoms with Crippen LogP contribution < -0.4 is 4.74 Å². The predicted octanol–water partition coefficient (Wildman–Crippen LogP) is 3.99. The molecule has 0 aliphatic heterocycles. The number of hydrogen-bond donors (Lipinski definition) is 0. The number of carbonyl (C=O) groups is 1. The second-order valence-corrected chi connectivity index (χ2v) is 5.93. The van der Waals surface area contributed by atoms with Crippen LogP contribution in [-0.4, -0.2) is 22.9 Å². The van der Waals surface area contributed by atoms with E-state index in [0.717, 1.165) is 17.1 Å². The van der Waals surface area contributed by atoms with Gasteiger partial charge in [0.2, 0.25) is 0 Å². The summed E-state index contributed by atoms with van der Waals surface area (Å²) < 4.78 is 25.6. The van der Waals surface area contributed by atoms with Crippen LogP contribution in [-0.2, 0) is 11.3 Å². The summed E-state index contributed by atoms with van der Waals surface area (Å²) in [5.41, 5.74) is 3.78. The first-order valence-corrected chi connectivity index (χ1v) is 8.11. The smallest absolute Gasteiger partial charge is 0.338 e. The highest BCUT2D eigenvalue weighted by atomic mass is 19.1. The molecule has 0 saturated heterocycles. The molecule has 6 heteroatoms. The summed E-state index contributed by atoms with van der Waals surface area (Å²) in [6, 6.07) is 13.4. The molecule has 0 fully saturated rings. The molecule has 134 valence electrons. The van der Waals surface area contributed by atoms with Crippen molar-refractivity contribution >= 4 is 5.97 Å². The van der Waals surface area contributed by atoms with E-state index in [0.29, 0.717) is 11.1 Å². The van der Waals surface area contributed by atoms with Crippen LogP contribution in [0.5, 0.6) is 5.75 Å². The third-order valence-corrected chi connectivity index (χ3v) is 3.94. The molecule has 1 heterocycles. The largest absolute Gasteiger partial charge is 0.494 e. The molecule has 0 amide bonds. The van der Waals surface area contributed by atoms with Gasteiger partial charge < -0.3 is 9.47 Å². The Bertz CT molecular complexity index is 933. The van der Waals surface area contributed by atoms with E-state index in [1.807, 2.05) is 36.7 Å². The fourth-order valence-electron chi connectivity index (χ4n) is 2.66. The van der Waals surface area contributed by atoms with Crippen molar-refractivity contribution in [2.24, 2.45) is 0 Å². The number of aryl methyl sites for hydroxylation is 2. The molecule has 0 saturated carbocycles. The number of methoxy groups -OCH3 is 1. The van der Waals surface area contributed by atoms with E-state index in [1.165, 1.54) is 19.2 Å². The summed E-state index contributed by atoms with van der Waals surface area (Å²) in [7, 11) is 1.40. The second-order valence-electron chi connectivity index (χ2n) is 5.93. The van der Waals surface area contributed by atoms with Gasteiger partial charge in [-0.2, -0.15) is 5.10 Å². The van der Waals surface area contributed by atoms with Crippen LogP contribution in [0.3, 0.4) is 0 Å². The Hall–Kier alpha value is -3.15. The summed E-state index contributed by atoms with van der Waals surface area (Å²) in [6.07, 6.45) is 0. The number of esters is 1. The quantitative estimate of drug-likeness (QED) is 0.650. The summed E-state index contributed by atoms with van der Waals surface area (Å²) in [5, 5.41) is 4.41. The molecule has 2 aromatic carbocycles. The van der Waals surface area contributed by atoms with Gasteiger partial charge in [0, 0.05) is 5.69 Å². The fourth-order valence-corrected chi connectivity index (χ4v) is 2.66. The predicted molar refractivity (Wildman–Crippen MR) is 95.1 cm³/mol. The van der Waals surface area contributed by atoms with Crippen molar-refractivity contribution < 1.29 is 18.7 Å². The minimum atomic E-state index is -0.490. The van der Waals surface area contributed by atoms with Crippen LogP contribution in [0.2, 0.25) is 0 Å². The van der Waals surface area contributed by atoms with Gasteiger partial charge in [-0.1, -0.05) is 6.07 Å². The first-order valence-electron chi connectivity index (χ1n) is 8.11. The van der Waals surface area contributed by atoms with E-state index in [-0.39, 0.29) is 12.4 Å². The zero-order chi connectivity index (χ0) is 18.7. The zero-order valence-corrected chi connectivity index (χ0v) is 14.8. The first kappa shape index (κ1) is 17.7. The number of rotatable bonds is 5. The Kier molecular flexibility index (Phi) is 5.02. The maximum Gasteiger partial charge on any atom is 0.338 e. The van der Waals surface area contributed by atoms with Gasteiger partial charge >= 0.3 is 5.97 Å². The average Bonchev–Trinajstić information content (AvgIpc) is 2.98. The van der Waals surface area contributed by atoms with E-state index in [2.05, 4.69) is 5.10 Å². The lowest BCUT2D eigenvalue weighted by Crippen LogP contribution is -2.06. The topological polar surface area (TPSA) is 53.4 Å². The third-order valence-electron chi connectivity index (χ3n) is 3.94. The summed E-state index contributed by atoms with van der Waals surface area (Å²) in [6.45, 7) is 3.88. The van der Waals surface area contributed by atoms with Gasteiger partial charge in [-0.25, -0.2) is 13.9 Å². The number of hydrogen-bond acceptors (Lipinski definition) is 4. The molecular formula is C20H19FN2O3. The highest BCUT2D eigenvalue weighted by molar-refractivity contribution is 5.89. The molecule has 0 aliphatic carbocycles. The maximum atomic E-state index is 13.7. The summed E-state index contributed by atoms with van der Waals surface area (Å²) >= 11 is 0. The van der Waals surface area contributed by atoms with Crippen molar-refractivity contribution in [3.63, 3.8) is 0 Å². The zero-order valence-electron chi connectivity index (χ0n) is 14.8. The number of aromatic nitrogens is 2. The Morgan fingerprint density at radius 3 is 2.42 bits per heavy atom. The highest BCUT2D eigenvalue weighted by Crippen LogP contribution is 2.19. The average molecular weight is 354 g/mol. The maximum absolute atomic E-state index is 13.7. The molecule has 26 heavy (non-hydrogen) atoms. The molecule has 5 nitrogen and oxygen atoms in total. The molecule has 0 spiro atoms. The van der Waals surface area contributed by atoms with E-state index in [9.17, 15) is 9.18 Å². The molecule has 0 radical (unpaired) electrons. The van der Waals surface area contributed by atoms with Gasteiger partial charge in [0.15, 0.2) is 11.6 Å². The van der Waals surface area contributed by atoms with Crippen LogP contribution in [0.1, 0.15) is 27.3 Å². The molecule has 3 rings (SSSR count). The van der Waals surface area contributed by atoms with E-state index >= 15 is 0 Å². The van der Waals surface area contributed by atoms with E-state index in [1.54, 1.807) is 18.2 Å². The number of benzene rings is 2. The van der Waals surface area contributed by atoms with Crippen molar-refractivity contribution in [1.29, 1.82) is 0 Å². The number of carbonyl (C=O) groups excluding carboxylic acids is 1. The monoisotopic (exact) mass is 354 g/mol. The van der Waals surface area contributed by atoms with Crippen LogP contribution >= 0.6 is 0 Å². The van der Waals surface area contributed by atoms with Crippen molar-refractivity contribution in [1.82, 2.24) is 9.78 Å². The highest BCUT2D eigenvalue weighted by Gasteiger charge is 2.10.